The first-order valence-corrected chi connectivity index (χ1v) is 8.29. The summed E-state index contributed by atoms with van der Waals surface area (Å²) in [4.78, 5) is 16.7. The molecule has 0 aliphatic heterocycles. The van der Waals surface area contributed by atoms with E-state index in [1.807, 2.05) is 11.9 Å². The first-order valence-electron chi connectivity index (χ1n) is 8.29. The van der Waals surface area contributed by atoms with E-state index in [9.17, 15) is 4.79 Å². The molecule has 116 valence electrons. The minimum atomic E-state index is 0.286. The molecule has 0 bridgehead atoms. The summed E-state index contributed by atoms with van der Waals surface area (Å²) in [6.07, 6.45) is 10.7. The first kappa shape index (κ1) is 15.8. The van der Waals surface area contributed by atoms with E-state index in [1.54, 1.807) is 0 Å². The van der Waals surface area contributed by atoms with Gasteiger partial charge >= 0.3 is 0 Å². The fraction of sp³-hybridized carbons (Fsp3) is 0.938. The van der Waals surface area contributed by atoms with Crippen molar-refractivity contribution in [2.45, 2.75) is 75.9 Å². The van der Waals surface area contributed by atoms with E-state index in [-0.39, 0.29) is 5.91 Å². The SMILES string of the molecule is CN(CC(=O)N(C)C1CCCCC1)C1CCC(N)CC1. The average molecular weight is 281 g/mol. The molecular formula is C16H31N3O. The van der Waals surface area contributed by atoms with Crippen molar-refractivity contribution in [1.29, 1.82) is 0 Å². The summed E-state index contributed by atoms with van der Waals surface area (Å²) in [7, 11) is 4.08. The highest BCUT2D eigenvalue weighted by Gasteiger charge is 2.26. The average Bonchev–Trinajstić information content (AvgIpc) is 2.48. The lowest BCUT2D eigenvalue weighted by atomic mass is 9.91. The van der Waals surface area contributed by atoms with Gasteiger partial charge in [0.2, 0.25) is 5.91 Å². The maximum Gasteiger partial charge on any atom is 0.236 e. The summed E-state index contributed by atoms with van der Waals surface area (Å²) >= 11 is 0. The number of hydrogen-bond donors (Lipinski definition) is 1. The minimum absolute atomic E-state index is 0.286. The molecule has 0 radical (unpaired) electrons. The third kappa shape index (κ3) is 4.19. The zero-order chi connectivity index (χ0) is 14.5. The highest BCUT2D eigenvalue weighted by Crippen LogP contribution is 2.23. The van der Waals surface area contributed by atoms with Crippen LogP contribution in [-0.4, -0.2) is 54.5 Å². The van der Waals surface area contributed by atoms with Crippen molar-refractivity contribution in [3.8, 4) is 0 Å². The predicted octanol–water partition coefficient (Wildman–Crippen LogP) is 1.98. The standard InChI is InChI=1S/C16H31N3O/c1-18(14-10-8-13(17)9-11-14)12-16(20)19(2)15-6-4-3-5-7-15/h13-15H,3-12,17H2,1-2H3. The summed E-state index contributed by atoms with van der Waals surface area (Å²) in [5, 5.41) is 0. The minimum Gasteiger partial charge on any atom is -0.342 e. The van der Waals surface area contributed by atoms with E-state index in [4.69, 9.17) is 5.73 Å². The van der Waals surface area contributed by atoms with Crippen LogP contribution in [-0.2, 0) is 4.79 Å². The fourth-order valence-electron chi connectivity index (χ4n) is 3.67. The highest BCUT2D eigenvalue weighted by molar-refractivity contribution is 5.78. The Morgan fingerprint density at radius 2 is 1.55 bits per heavy atom. The lowest BCUT2D eigenvalue weighted by Gasteiger charge is -2.36. The number of carbonyl (C=O) groups is 1. The first-order chi connectivity index (χ1) is 9.58. The zero-order valence-electron chi connectivity index (χ0n) is 13.2. The molecule has 0 atom stereocenters. The number of nitrogens with zero attached hydrogens (tertiary/aromatic N) is 2. The Labute approximate surface area is 123 Å². The quantitative estimate of drug-likeness (QED) is 0.857. The van der Waals surface area contributed by atoms with E-state index >= 15 is 0 Å². The molecule has 4 nitrogen and oxygen atoms in total. The number of carbonyl (C=O) groups excluding carboxylic acids is 1. The van der Waals surface area contributed by atoms with Crippen LogP contribution in [0.1, 0.15) is 57.8 Å². The lowest BCUT2D eigenvalue weighted by Crippen LogP contribution is -2.47. The molecule has 0 aromatic rings. The van der Waals surface area contributed by atoms with E-state index in [2.05, 4.69) is 11.9 Å². The van der Waals surface area contributed by atoms with Gasteiger partial charge in [0, 0.05) is 25.2 Å². The Morgan fingerprint density at radius 1 is 0.950 bits per heavy atom. The van der Waals surface area contributed by atoms with E-state index in [1.165, 1.54) is 32.1 Å². The predicted molar refractivity (Wildman–Crippen MR) is 82.5 cm³/mol. The van der Waals surface area contributed by atoms with Crippen LogP contribution in [0.3, 0.4) is 0 Å². The van der Waals surface area contributed by atoms with E-state index in [0.29, 0.717) is 24.7 Å². The van der Waals surface area contributed by atoms with Crippen LogP contribution in [0.2, 0.25) is 0 Å². The molecule has 1 amide bonds. The van der Waals surface area contributed by atoms with Crippen molar-refractivity contribution >= 4 is 5.91 Å². The third-order valence-electron chi connectivity index (χ3n) is 5.27. The Balaban J connectivity index is 1.77. The molecule has 0 unspecified atom stereocenters. The molecule has 0 aromatic carbocycles. The number of rotatable bonds is 4. The molecule has 4 heteroatoms. The van der Waals surface area contributed by atoms with Gasteiger partial charge in [-0.2, -0.15) is 0 Å². The van der Waals surface area contributed by atoms with Crippen LogP contribution < -0.4 is 5.73 Å². The number of nitrogens with two attached hydrogens (primary N) is 1. The molecule has 20 heavy (non-hydrogen) atoms. The summed E-state index contributed by atoms with van der Waals surface area (Å²) < 4.78 is 0. The maximum absolute atomic E-state index is 12.4. The van der Waals surface area contributed by atoms with Gasteiger partial charge < -0.3 is 10.6 Å². The second-order valence-corrected chi connectivity index (χ2v) is 6.78. The van der Waals surface area contributed by atoms with Crippen LogP contribution in [0.15, 0.2) is 0 Å². The smallest absolute Gasteiger partial charge is 0.236 e. The fourth-order valence-corrected chi connectivity index (χ4v) is 3.67. The normalized spacial score (nSPS) is 28.6. The highest BCUT2D eigenvalue weighted by atomic mass is 16.2. The molecular weight excluding hydrogens is 250 g/mol. The van der Waals surface area contributed by atoms with Gasteiger partial charge in [-0.15, -0.1) is 0 Å². The Kier molecular flexibility index (Phi) is 5.85. The topological polar surface area (TPSA) is 49.6 Å². The summed E-state index contributed by atoms with van der Waals surface area (Å²) in [5.41, 5.74) is 5.95. The van der Waals surface area contributed by atoms with Crippen LogP contribution >= 0.6 is 0 Å². The van der Waals surface area contributed by atoms with E-state index in [0.717, 1.165) is 25.7 Å². The van der Waals surface area contributed by atoms with Crippen molar-refractivity contribution < 1.29 is 4.79 Å². The molecule has 2 saturated carbocycles. The molecule has 2 aliphatic carbocycles. The molecule has 2 fully saturated rings. The van der Waals surface area contributed by atoms with Crippen molar-refractivity contribution in [3.63, 3.8) is 0 Å². The van der Waals surface area contributed by atoms with Crippen LogP contribution in [0.5, 0.6) is 0 Å². The maximum atomic E-state index is 12.4. The van der Waals surface area contributed by atoms with Gasteiger partial charge in [-0.3, -0.25) is 9.69 Å². The monoisotopic (exact) mass is 281 g/mol. The van der Waals surface area contributed by atoms with Crippen molar-refractivity contribution in [3.05, 3.63) is 0 Å². The van der Waals surface area contributed by atoms with Crippen LogP contribution in [0, 0.1) is 0 Å². The van der Waals surface area contributed by atoms with Gasteiger partial charge in [-0.1, -0.05) is 19.3 Å². The second-order valence-electron chi connectivity index (χ2n) is 6.78. The van der Waals surface area contributed by atoms with Gasteiger partial charge in [-0.05, 0) is 45.6 Å². The molecule has 0 heterocycles. The van der Waals surface area contributed by atoms with Gasteiger partial charge in [0.25, 0.3) is 0 Å². The summed E-state index contributed by atoms with van der Waals surface area (Å²) in [5.74, 6) is 0.286. The Hall–Kier alpha value is -0.610. The molecule has 0 aromatic heterocycles. The lowest BCUT2D eigenvalue weighted by molar-refractivity contribution is -0.134. The zero-order valence-corrected chi connectivity index (χ0v) is 13.2. The summed E-state index contributed by atoms with van der Waals surface area (Å²) in [6.45, 7) is 0.562. The van der Waals surface area contributed by atoms with E-state index < -0.39 is 0 Å². The van der Waals surface area contributed by atoms with Gasteiger partial charge in [0.1, 0.15) is 0 Å². The van der Waals surface area contributed by atoms with Crippen molar-refractivity contribution in [2.75, 3.05) is 20.6 Å². The molecule has 2 N–H and O–H groups in total. The summed E-state index contributed by atoms with van der Waals surface area (Å²) in [6, 6.07) is 1.39. The Morgan fingerprint density at radius 3 is 2.15 bits per heavy atom. The molecule has 2 rings (SSSR count). The van der Waals surface area contributed by atoms with Gasteiger partial charge in [0.05, 0.1) is 6.54 Å². The largest absolute Gasteiger partial charge is 0.342 e. The number of hydrogen-bond acceptors (Lipinski definition) is 3. The van der Waals surface area contributed by atoms with Gasteiger partial charge in [-0.25, -0.2) is 0 Å². The Bertz CT molecular complexity index is 307. The van der Waals surface area contributed by atoms with Crippen molar-refractivity contribution in [1.82, 2.24) is 9.80 Å². The molecule has 0 saturated heterocycles. The van der Waals surface area contributed by atoms with Crippen molar-refractivity contribution in [2.24, 2.45) is 5.73 Å². The number of likely N-dealkylation sites (N-methyl/N-ethyl adjacent to an activating group) is 2. The van der Waals surface area contributed by atoms with Crippen LogP contribution in [0.4, 0.5) is 0 Å². The molecule has 0 spiro atoms. The third-order valence-corrected chi connectivity index (χ3v) is 5.27. The molecule has 2 aliphatic rings. The van der Waals surface area contributed by atoms with Gasteiger partial charge in [0.15, 0.2) is 0 Å². The second kappa shape index (κ2) is 7.41. The number of amides is 1. The van der Waals surface area contributed by atoms with Crippen LogP contribution in [0.25, 0.3) is 0 Å².